The van der Waals surface area contributed by atoms with E-state index < -0.39 is 7.80 Å². The van der Waals surface area contributed by atoms with Crippen molar-refractivity contribution in [3.05, 3.63) is 0 Å². The molecule has 0 fully saturated rings. The molecule has 0 rings (SSSR count). The molecule has 0 aromatic carbocycles. The summed E-state index contributed by atoms with van der Waals surface area (Å²) in [6, 6.07) is 0. The first-order valence-electron chi connectivity index (χ1n) is 1.20. The van der Waals surface area contributed by atoms with E-state index in [2.05, 4.69) is 0 Å². The Balaban J connectivity index is 0. The first kappa shape index (κ1) is 9.26. The Morgan fingerprint density at radius 1 is 1.40 bits per heavy atom. The standard InChI is InChI=1S/C2H7OP.V/c1-4(2)3;/h4H,1-2H3;. The fourth-order valence-corrected chi connectivity index (χ4v) is 0. The fraction of sp³-hybridized carbons (Fsp3) is 1.00. The van der Waals surface area contributed by atoms with Crippen molar-refractivity contribution in [2.75, 3.05) is 13.3 Å². The maximum Gasteiger partial charge on any atom is 0.0703 e. The molecule has 0 aliphatic carbocycles. The molecule has 31 valence electrons. The molecule has 0 bridgehead atoms. The summed E-state index contributed by atoms with van der Waals surface area (Å²) in [5, 5.41) is 0. The van der Waals surface area contributed by atoms with Crippen LogP contribution in [-0.2, 0) is 23.1 Å². The van der Waals surface area contributed by atoms with Gasteiger partial charge in [-0.2, -0.15) is 0 Å². The van der Waals surface area contributed by atoms with Crippen LogP contribution in [0.2, 0.25) is 0 Å². The molecule has 0 aromatic rings. The second kappa shape index (κ2) is 4.81. The molecular formula is C2H7OPV. The third kappa shape index (κ3) is 57.5. The molecule has 0 aromatic heterocycles. The predicted molar refractivity (Wildman–Crippen MR) is 20.8 cm³/mol. The van der Waals surface area contributed by atoms with Crippen molar-refractivity contribution >= 4 is 7.80 Å². The Bertz CT molecular complexity index is 32.6. The summed E-state index contributed by atoms with van der Waals surface area (Å²) in [7, 11) is -1.13. The van der Waals surface area contributed by atoms with Gasteiger partial charge in [-0.1, -0.05) is 0 Å². The minimum atomic E-state index is -1.13. The van der Waals surface area contributed by atoms with Crippen LogP contribution in [0.4, 0.5) is 0 Å². The van der Waals surface area contributed by atoms with Crippen LogP contribution in [0.1, 0.15) is 0 Å². The SMILES string of the molecule is C[PH](C)=O.[V]. The molecule has 5 heavy (non-hydrogen) atoms. The second-order valence-corrected chi connectivity index (χ2v) is 2.72. The Kier molecular flexibility index (Phi) is 8.92. The Morgan fingerprint density at radius 2 is 1.40 bits per heavy atom. The third-order valence-corrected chi connectivity index (χ3v) is 0. The number of hydrogen-bond donors (Lipinski definition) is 0. The van der Waals surface area contributed by atoms with Crippen molar-refractivity contribution in [2.24, 2.45) is 0 Å². The van der Waals surface area contributed by atoms with E-state index in [0.717, 1.165) is 0 Å². The maximum absolute atomic E-state index is 9.63. The maximum atomic E-state index is 9.63. The van der Waals surface area contributed by atoms with E-state index in [0.29, 0.717) is 0 Å². The van der Waals surface area contributed by atoms with E-state index in [1.165, 1.54) is 0 Å². The van der Waals surface area contributed by atoms with Crippen LogP contribution >= 0.6 is 7.80 Å². The van der Waals surface area contributed by atoms with Crippen molar-refractivity contribution in [2.45, 2.75) is 0 Å². The van der Waals surface area contributed by atoms with Crippen molar-refractivity contribution in [3.63, 3.8) is 0 Å². The van der Waals surface area contributed by atoms with Crippen LogP contribution in [0.5, 0.6) is 0 Å². The van der Waals surface area contributed by atoms with Crippen molar-refractivity contribution < 1.29 is 23.1 Å². The van der Waals surface area contributed by atoms with E-state index in [9.17, 15) is 4.57 Å². The zero-order valence-electron chi connectivity index (χ0n) is 3.36. The molecule has 0 aliphatic rings. The molecular weight excluding hydrogens is 122 g/mol. The summed E-state index contributed by atoms with van der Waals surface area (Å²) in [4.78, 5) is 0. The van der Waals surface area contributed by atoms with Crippen LogP contribution in [0.3, 0.4) is 0 Å². The van der Waals surface area contributed by atoms with Gasteiger partial charge in [-0.25, -0.2) is 0 Å². The van der Waals surface area contributed by atoms with Gasteiger partial charge in [0.05, 0.1) is 7.80 Å². The monoisotopic (exact) mass is 129 g/mol. The van der Waals surface area contributed by atoms with Gasteiger partial charge in [-0.3, -0.25) is 0 Å². The van der Waals surface area contributed by atoms with Crippen LogP contribution in [0.15, 0.2) is 0 Å². The van der Waals surface area contributed by atoms with Crippen molar-refractivity contribution in [1.29, 1.82) is 0 Å². The number of hydrogen-bond acceptors (Lipinski definition) is 1. The molecule has 0 spiro atoms. The van der Waals surface area contributed by atoms with E-state index in [1.54, 1.807) is 13.3 Å². The van der Waals surface area contributed by atoms with Gasteiger partial charge in [-0.15, -0.1) is 0 Å². The quantitative estimate of drug-likeness (QED) is 0.442. The molecule has 0 amide bonds. The van der Waals surface area contributed by atoms with E-state index in [4.69, 9.17) is 0 Å². The molecule has 1 radical (unpaired) electrons. The summed E-state index contributed by atoms with van der Waals surface area (Å²) >= 11 is 0. The molecule has 0 aliphatic heterocycles. The third-order valence-electron chi connectivity index (χ3n) is 0. The summed E-state index contributed by atoms with van der Waals surface area (Å²) in [5.74, 6) is 0. The Hall–Kier alpha value is 0.814. The van der Waals surface area contributed by atoms with Gasteiger partial charge in [0.25, 0.3) is 0 Å². The normalized spacial score (nSPS) is 7.00. The largest absolute Gasteiger partial charge is 0.327 e. The zero-order chi connectivity index (χ0) is 3.58. The molecule has 0 unspecified atom stereocenters. The zero-order valence-corrected chi connectivity index (χ0v) is 5.75. The van der Waals surface area contributed by atoms with Gasteiger partial charge in [0.1, 0.15) is 0 Å². The van der Waals surface area contributed by atoms with Gasteiger partial charge in [0.15, 0.2) is 0 Å². The molecule has 0 heterocycles. The second-order valence-electron chi connectivity index (χ2n) is 0.908. The minimum absolute atomic E-state index is 0. The molecule has 3 heteroatoms. The average Bonchev–Trinajstić information content (AvgIpc) is 0.811. The first-order valence-corrected chi connectivity index (χ1v) is 3.61. The van der Waals surface area contributed by atoms with E-state index in [-0.39, 0.29) is 18.6 Å². The topological polar surface area (TPSA) is 17.1 Å². The van der Waals surface area contributed by atoms with Gasteiger partial charge in [-0.05, 0) is 13.3 Å². The molecule has 0 N–H and O–H groups in total. The van der Waals surface area contributed by atoms with Gasteiger partial charge in [0.2, 0.25) is 0 Å². The average molecular weight is 129 g/mol. The van der Waals surface area contributed by atoms with E-state index in [1.807, 2.05) is 0 Å². The van der Waals surface area contributed by atoms with Crippen LogP contribution in [0, 0.1) is 0 Å². The van der Waals surface area contributed by atoms with E-state index >= 15 is 0 Å². The van der Waals surface area contributed by atoms with Crippen molar-refractivity contribution in [1.82, 2.24) is 0 Å². The summed E-state index contributed by atoms with van der Waals surface area (Å²) in [5.41, 5.74) is 0. The first-order chi connectivity index (χ1) is 1.73. The summed E-state index contributed by atoms with van der Waals surface area (Å²) in [6.45, 7) is 3.43. The van der Waals surface area contributed by atoms with Gasteiger partial charge in [0, 0.05) is 18.6 Å². The predicted octanol–water partition coefficient (Wildman–Crippen LogP) is 0.803. The fourth-order valence-electron chi connectivity index (χ4n) is 0. The molecule has 0 saturated carbocycles. The number of rotatable bonds is 0. The summed E-state index contributed by atoms with van der Waals surface area (Å²) < 4.78 is 9.63. The van der Waals surface area contributed by atoms with Gasteiger partial charge < -0.3 is 4.57 Å². The molecule has 0 atom stereocenters. The minimum Gasteiger partial charge on any atom is -0.327 e. The van der Waals surface area contributed by atoms with Crippen molar-refractivity contribution in [3.8, 4) is 0 Å². The summed E-state index contributed by atoms with van der Waals surface area (Å²) in [6.07, 6.45) is 0. The van der Waals surface area contributed by atoms with Crippen LogP contribution < -0.4 is 0 Å². The van der Waals surface area contributed by atoms with Crippen LogP contribution in [-0.4, -0.2) is 13.3 Å². The van der Waals surface area contributed by atoms with Crippen LogP contribution in [0.25, 0.3) is 0 Å². The Labute approximate surface area is 44.8 Å². The molecule has 0 saturated heterocycles. The Morgan fingerprint density at radius 3 is 1.40 bits per heavy atom. The van der Waals surface area contributed by atoms with Gasteiger partial charge >= 0.3 is 0 Å². The smallest absolute Gasteiger partial charge is 0.0703 e. The molecule has 1 nitrogen and oxygen atoms in total.